The van der Waals surface area contributed by atoms with Crippen LogP contribution in [-0.4, -0.2) is 34.3 Å². The highest BCUT2D eigenvalue weighted by molar-refractivity contribution is 5.86. The van der Waals surface area contributed by atoms with E-state index in [1.807, 2.05) is 59.3 Å². The first-order chi connectivity index (χ1) is 19.8. The second-order valence-corrected chi connectivity index (χ2v) is 10.6. The van der Waals surface area contributed by atoms with Crippen molar-refractivity contribution < 1.29 is 23.4 Å². The molecule has 1 amide bonds. The van der Waals surface area contributed by atoms with E-state index in [9.17, 15) is 18.7 Å². The Morgan fingerprint density at radius 2 is 1.76 bits per heavy atom. The zero-order valence-corrected chi connectivity index (χ0v) is 23.2. The maximum Gasteiger partial charge on any atom is 0.258 e. The third kappa shape index (κ3) is 6.40. The Bertz CT molecular complexity index is 1500. The van der Waals surface area contributed by atoms with Crippen LogP contribution in [0.3, 0.4) is 0 Å². The number of nitrogens with zero attached hydrogens (tertiary/aromatic N) is 1. The summed E-state index contributed by atoms with van der Waals surface area (Å²) in [6, 6.07) is 22.0. The molecule has 1 aromatic heterocycles. The first-order valence-electron chi connectivity index (χ1n) is 13.9. The molecule has 3 aromatic carbocycles. The lowest BCUT2D eigenvalue weighted by Crippen LogP contribution is -2.54. The number of benzene rings is 3. The maximum absolute atomic E-state index is 14.0. The lowest BCUT2D eigenvalue weighted by Gasteiger charge is -2.32. The molecule has 2 heterocycles. The van der Waals surface area contributed by atoms with E-state index in [0.29, 0.717) is 17.8 Å². The molecule has 0 saturated heterocycles. The van der Waals surface area contributed by atoms with Crippen molar-refractivity contribution in [1.82, 2.24) is 15.2 Å². The van der Waals surface area contributed by atoms with Crippen molar-refractivity contribution in [2.45, 2.75) is 57.6 Å². The second kappa shape index (κ2) is 12.3. The first-order valence-corrected chi connectivity index (χ1v) is 13.9. The van der Waals surface area contributed by atoms with Crippen LogP contribution in [0, 0.1) is 11.6 Å². The molecule has 1 aliphatic rings. The highest BCUT2D eigenvalue weighted by Gasteiger charge is 2.42. The molecule has 0 aliphatic carbocycles. The van der Waals surface area contributed by atoms with Crippen molar-refractivity contribution in [1.29, 1.82) is 0 Å². The normalized spacial score (nSPS) is 17.7. The van der Waals surface area contributed by atoms with Gasteiger partial charge in [-0.25, -0.2) is 8.78 Å². The molecular formula is C33H35F2N3O3. The average Bonchev–Trinajstić information content (AvgIpc) is 3.42. The fourth-order valence-corrected chi connectivity index (χ4v) is 5.36. The van der Waals surface area contributed by atoms with Crippen LogP contribution >= 0.6 is 0 Å². The molecule has 214 valence electrons. The summed E-state index contributed by atoms with van der Waals surface area (Å²) in [4.78, 5) is 14.0. The fraction of sp³-hybridized carbons (Fsp3) is 0.303. The van der Waals surface area contributed by atoms with Crippen LogP contribution in [0.15, 0.2) is 85.1 Å². The maximum atomic E-state index is 14.0. The highest BCUT2D eigenvalue weighted by atomic mass is 19.1. The van der Waals surface area contributed by atoms with E-state index >= 15 is 0 Å². The van der Waals surface area contributed by atoms with Crippen LogP contribution < -0.4 is 10.6 Å². The van der Waals surface area contributed by atoms with Crippen molar-refractivity contribution in [2.24, 2.45) is 0 Å². The van der Waals surface area contributed by atoms with Crippen molar-refractivity contribution in [3.63, 3.8) is 0 Å². The van der Waals surface area contributed by atoms with Gasteiger partial charge in [-0.3, -0.25) is 4.79 Å². The number of ether oxygens (including phenoxy) is 1. The Kier molecular flexibility index (Phi) is 8.63. The van der Waals surface area contributed by atoms with Crippen LogP contribution in [0.25, 0.3) is 5.69 Å². The molecular weight excluding hydrogens is 524 g/mol. The predicted molar refractivity (Wildman–Crippen MR) is 153 cm³/mol. The molecule has 6 nitrogen and oxygen atoms in total. The summed E-state index contributed by atoms with van der Waals surface area (Å²) >= 11 is 0. The van der Waals surface area contributed by atoms with Crippen LogP contribution in [0.4, 0.5) is 8.78 Å². The van der Waals surface area contributed by atoms with Gasteiger partial charge in [-0.15, -0.1) is 0 Å². The Morgan fingerprint density at radius 3 is 2.54 bits per heavy atom. The minimum absolute atomic E-state index is 0.0197. The summed E-state index contributed by atoms with van der Waals surface area (Å²) < 4.78 is 36.2. The lowest BCUT2D eigenvalue weighted by atomic mass is 9.96. The third-order valence-electron chi connectivity index (χ3n) is 7.68. The molecule has 41 heavy (non-hydrogen) atoms. The van der Waals surface area contributed by atoms with E-state index in [1.54, 1.807) is 6.92 Å². The number of aliphatic hydroxyl groups is 1. The lowest BCUT2D eigenvalue weighted by molar-refractivity contribution is -0.150. The monoisotopic (exact) mass is 559 g/mol. The van der Waals surface area contributed by atoms with Gasteiger partial charge in [0.1, 0.15) is 11.6 Å². The summed E-state index contributed by atoms with van der Waals surface area (Å²) in [5.41, 5.74) is 3.72. The fourth-order valence-electron chi connectivity index (χ4n) is 5.36. The second-order valence-electron chi connectivity index (χ2n) is 10.6. The van der Waals surface area contributed by atoms with Gasteiger partial charge in [-0.1, -0.05) is 49.4 Å². The van der Waals surface area contributed by atoms with Gasteiger partial charge in [0.15, 0.2) is 5.60 Å². The molecule has 4 aromatic rings. The first kappa shape index (κ1) is 28.7. The summed E-state index contributed by atoms with van der Waals surface area (Å²) in [7, 11) is 0. The molecule has 0 bridgehead atoms. The molecule has 3 atom stereocenters. The summed E-state index contributed by atoms with van der Waals surface area (Å²) in [6.45, 7) is 4.67. The smallest absolute Gasteiger partial charge is 0.258 e. The van der Waals surface area contributed by atoms with Gasteiger partial charge >= 0.3 is 0 Å². The van der Waals surface area contributed by atoms with Crippen molar-refractivity contribution in [3.8, 4) is 5.69 Å². The Morgan fingerprint density at radius 1 is 1.00 bits per heavy atom. The molecule has 1 unspecified atom stereocenters. The molecule has 5 rings (SSSR count). The van der Waals surface area contributed by atoms with Gasteiger partial charge in [0.2, 0.25) is 0 Å². The van der Waals surface area contributed by atoms with E-state index in [4.69, 9.17) is 4.74 Å². The highest BCUT2D eigenvalue weighted by Crippen LogP contribution is 2.35. The largest absolute Gasteiger partial charge is 0.390 e. The Labute approximate surface area is 239 Å². The third-order valence-corrected chi connectivity index (χ3v) is 7.68. The van der Waals surface area contributed by atoms with E-state index in [-0.39, 0.29) is 19.6 Å². The number of carbonyl (C=O) groups excluding carboxylic acids is 1. The zero-order valence-electron chi connectivity index (χ0n) is 23.2. The molecule has 0 radical (unpaired) electrons. The van der Waals surface area contributed by atoms with Gasteiger partial charge in [0.25, 0.3) is 5.91 Å². The van der Waals surface area contributed by atoms with E-state index in [2.05, 4.69) is 29.7 Å². The topological polar surface area (TPSA) is 75.5 Å². The number of fused-ring (bicyclic) bond motifs is 3. The Balaban J connectivity index is 1.37. The summed E-state index contributed by atoms with van der Waals surface area (Å²) in [5.74, 6) is -1.90. The van der Waals surface area contributed by atoms with Gasteiger partial charge in [-0.2, -0.15) is 0 Å². The SMILES string of the molecule is CCc1cccc(CNC[C@H](O)[C@H](Cc2cc(F)cc(F)c2)NC(=O)C2(C)OCc3ccccc3-n3cccc32)c1. The Hall–Kier alpha value is -3.85. The number of halogens is 2. The number of amides is 1. The van der Waals surface area contributed by atoms with E-state index in [0.717, 1.165) is 29.3 Å². The van der Waals surface area contributed by atoms with Crippen LogP contribution in [0.5, 0.6) is 0 Å². The quantitative estimate of drug-likeness (QED) is 0.257. The average molecular weight is 560 g/mol. The molecule has 0 saturated carbocycles. The number of nitrogens with one attached hydrogen (secondary N) is 2. The minimum atomic E-state index is -1.39. The van der Waals surface area contributed by atoms with Crippen molar-refractivity contribution >= 4 is 5.91 Å². The number of para-hydroxylation sites is 1. The van der Waals surface area contributed by atoms with E-state index in [1.165, 1.54) is 17.7 Å². The number of aliphatic hydroxyl groups excluding tert-OH is 1. The molecule has 0 fully saturated rings. The molecule has 8 heteroatoms. The van der Waals surface area contributed by atoms with Crippen LogP contribution in [-0.2, 0) is 41.1 Å². The zero-order chi connectivity index (χ0) is 29.0. The number of aryl methyl sites for hydroxylation is 1. The summed E-state index contributed by atoms with van der Waals surface area (Å²) in [5, 5.41) is 17.5. The summed E-state index contributed by atoms with van der Waals surface area (Å²) in [6.07, 6.45) is 1.77. The minimum Gasteiger partial charge on any atom is -0.390 e. The number of rotatable bonds is 10. The van der Waals surface area contributed by atoms with Gasteiger partial charge in [-0.05, 0) is 66.8 Å². The van der Waals surface area contributed by atoms with Gasteiger partial charge < -0.3 is 25.0 Å². The predicted octanol–water partition coefficient (Wildman–Crippen LogP) is 4.94. The number of hydrogen-bond acceptors (Lipinski definition) is 4. The van der Waals surface area contributed by atoms with Crippen molar-refractivity contribution in [3.05, 3.63) is 125 Å². The molecule has 3 N–H and O–H groups in total. The van der Waals surface area contributed by atoms with Crippen LogP contribution in [0.1, 0.15) is 41.8 Å². The standard InChI is InChI=1S/C33H35F2N3O3/c1-3-22-8-6-9-23(14-22)19-36-20-30(39)28(17-24-15-26(34)18-27(35)16-24)37-32(40)33(2)31-12-7-13-38(31)29-11-5-4-10-25(29)21-41-33/h4-16,18,28,30,36,39H,3,17,19-21H2,1-2H3,(H,37,40)/t28-,30-,33?/m0/s1. The number of hydrogen-bond donors (Lipinski definition) is 3. The molecule has 0 spiro atoms. The number of carbonyl (C=O) groups is 1. The van der Waals surface area contributed by atoms with Crippen molar-refractivity contribution in [2.75, 3.05) is 6.54 Å². The van der Waals surface area contributed by atoms with Gasteiger partial charge in [0.05, 0.1) is 30.1 Å². The molecule has 1 aliphatic heterocycles. The number of aromatic nitrogens is 1. The van der Waals surface area contributed by atoms with Gasteiger partial charge in [0, 0.05) is 30.9 Å². The van der Waals surface area contributed by atoms with E-state index < -0.39 is 35.3 Å². The van der Waals surface area contributed by atoms with Crippen LogP contribution in [0.2, 0.25) is 0 Å².